The summed E-state index contributed by atoms with van der Waals surface area (Å²) >= 11 is 3.47. The van der Waals surface area contributed by atoms with Crippen molar-refractivity contribution in [2.75, 3.05) is 13.1 Å². The molecule has 0 saturated carbocycles. The summed E-state index contributed by atoms with van der Waals surface area (Å²) in [6.45, 7) is 7.04. The molecule has 0 heterocycles. The molecule has 96 valence electrons. The van der Waals surface area contributed by atoms with Crippen LogP contribution in [0.1, 0.15) is 32.3 Å². The summed E-state index contributed by atoms with van der Waals surface area (Å²) in [6.07, 6.45) is 2.52. The van der Waals surface area contributed by atoms with Gasteiger partial charge in [0.1, 0.15) is 0 Å². The van der Waals surface area contributed by atoms with E-state index in [2.05, 4.69) is 47.2 Å². The minimum absolute atomic E-state index is 0.306. The fraction of sp³-hybridized carbons (Fsp3) is 0.571. The lowest BCUT2D eigenvalue weighted by Crippen LogP contribution is -2.29. The summed E-state index contributed by atoms with van der Waals surface area (Å²) in [5, 5.41) is 3.40. The fourth-order valence-corrected chi connectivity index (χ4v) is 2.05. The molecular formula is C14H22BrNO. The maximum absolute atomic E-state index is 5.90. The number of halogens is 1. The van der Waals surface area contributed by atoms with Gasteiger partial charge in [-0.05, 0) is 37.1 Å². The molecular weight excluding hydrogens is 278 g/mol. The van der Waals surface area contributed by atoms with Crippen LogP contribution in [-0.4, -0.2) is 19.2 Å². The SMILES string of the molecule is CCCNCC(CC)OCc1cccc(Br)c1. The van der Waals surface area contributed by atoms with E-state index >= 15 is 0 Å². The lowest BCUT2D eigenvalue weighted by atomic mass is 10.2. The molecule has 0 aliphatic heterocycles. The van der Waals surface area contributed by atoms with E-state index in [1.54, 1.807) is 0 Å². The largest absolute Gasteiger partial charge is 0.372 e. The summed E-state index contributed by atoms with van der Waals surface area (Å²) in [4.78, 5) is 0. The number of hydrogen-bond donors (Lipinski definition) is 1. The highest BCUT2D eigenvalue weighted by Crippen LogP contribution is 2.13. The number of nitrogens with one attached hydrogen (secondary N) is 1. The first kappa shape index (κ1) is 14.7. The highest BCUT2D eigenvalue weighted by molar-refractivity contribution is 9.10. The first-order chi connectivity index (χ1) is 8.26. The van der Waals surface area contributed by atoms with Gasteiger partial charge in [0.2, 0.25) is 0 Å². The number of benzene rings is 1. The van der Waals surface area contributed by atoms with Crippen molar-refractivity contribution in [3.63, 3.8) is 0 Å². The van der Waals surface area contributed by atoms with Crippen molar-refractivity contribution < 1.29 is 4.74 Å². The standard InChI is InChI=1S/C14H22BrNO/c1-3-8-16-10-14(4-2)17-11-12-6-5-7-13(15)9-12/h5-7,9,14,16H,3-4,8,10-11H2,1-2H3. The molecule has 1 rings (SSSR count). The molecule has 1 aromatic carbocycles. The van der Waals surface area contributed by atoms with E-state index in [4.69, 9.17) is 4.74 Å². The van der Waals surface area contributed by atoms with E-state index in [0.29, 0.717) is 12.7 Å². The summed E-state index contributed by atoms with van der Waals surface area (Å²) in [5.41, 5.74) is 1.22. The molecule has 0 aromatic heterocycles. The molecule has 0 aliphatic rings. The van der Waals surface area contributed by atoms with Crippen LogP contribution in [0.4, 0.5) is 0 Å². The van der Waals surface area contributed by atoms with Crippen LogP contribution in [0, 0.1) is 0 Å². The van der Waals surface area contributed by atoms with Gasteiger partial charge < -0.3 is 10.1 Å². The highest BCUT2D eigenvalue weighted by Gasteiger charge is 2.06. The molecule has 2 nitrogen and oxygen atoms in total. The van der Waals surface area contributed by atoms with Crippen molar-refractivity contribution in [1.29, 1.82) is 0 Å². The van der Waals surface area contributed by atoms with Crippen molar-refractivity contribution in [2.24, 2.45) is 0 Å². The van der Waals surface area contributed by atoms with Crippen LogP contribution in [0.3, 0.4) is 0 Å². The molecule has 0 fully saturated rings. The van der Waals surface area contributed by atoms with Gasteiger partial charge in [0.15, 0.2) is 0 Å². The van der Waals surface area contributed by atoms with Gasteiger partial charge in [-0.25, -0.2) is 0 Å². The molecule has 17 heavy (non-hydrogen) atoms. The second-order valence-electron chi connectivity index (χ2n) is 4.18. The van der Waals surface area contributed by atoms with Crippen LogP contribution in [-0.2, 0) is 11.3 Å². The minimum Gasteiger partial charge on any atom is -0.372 e. The maximum Gasteiger partial charge on any atom is 0.0721 e. The molecule has 1 atom stereocenters. The van der Waals surface area contributed by atoms with Gasteiger partial charge >= 0.3 is 0 Å². The Labute approximate surface area is 113 Å². The zero-order valence-electron chi connectivity index (χ0n) is 10.7. The van der Waals surface area contributed by atoms with Gasteiger partial charge in [0, 0.05) is 11.0 Å². The Morgan fingerprint density at radius 1 is 1.35 bits per heavy atom. The first-order valence-corrected chi connectivity index (χ1v) is 7.12. The Balaban J connectivity index is 2.31. The van der Waals surface area contributed by atoms with Crippen LogP contribution < -0.4 is 5.32 Å². The van der Waals surface area contributed by atoms with E-state index in [1.165, 1.54) is 12.0 Å². The molecule has 1 N–H and O–H groups in total. The molecule has 1 aromatic rings. The van der Waals surface area contributed by atoms with Gasteiger partial charge in [-0.15, -0.1) is 0 Å². The summed E-state index contributed by atoms with van der Waals surface area (Å²) in [5.74, 6) is 0. The van der Waals surface area contributed by atoms with Crippen molar-refractivity contribution >= 4 is 15.9 Å². The van der Waals surface area contributed by atoms with Crippen molar-refractivity contribution in [3.8, 4) is 0 Å². The molecule has 3 heteroatoms. The van der Waals surface area contributed by atoms with E-state index in [-0.39, 0.29) is 0 Å². The summed E-state index contributed by atoms with van der Waals surface area (Å²) in [7, 11) is 0. The lowest BCUT2D eigenvalue weighted by molar-refractivity contribution is 0.0385. The van der Waals surface area contributed by atoms with Gasteiger partial charge in [-0.1, -0.05) is 41.9 Å². The van der Waals surface area contributed by atoms with Crippen molar-refractivity contribution in [1.82, 2.24) is 5.32 Å². The highest BCUT2D eigenvalue weighted by atomic mass is 79.9. The first-order valence-electron chi connectivity index (χ1n) is 6.33. The van der Waals surface area contributed by atoms with Crippen LogP contribution in [0.25, 0.3) is 0 Å². The van der Waals surface area contributed by atoms with Gasteiger partial charge in [-0.2, -0.15) is 0 Å². The summed E-state index contributed by atoms with van der Waals surface area (Å²) in [6, 6.07) is 8.27. The van der Waals surface area contributed by atoms with Crippen LogP contribution in [0.2, 0.25) is 0 Å². The molecule has 0 bridgehead atoms. The van der Waals surface area contributed by atoms with Crippen molar-refractivity contribution in [3.05, 3.63) is 34.3 Å². The molecule has 1 unspecified atom stereocenters. The van der Waals surface area contributed by atoms with Crippen molar-refractivity contribution in [2.45, 2.75) is 39.4 Å². The topological polar surface area (TPSA) is 21.3 Å². The van der Waals surface area contributed by atoms with Gasteiger partial charge in [0.05, 0.1) is 12.7 Å². The Bertz CT molecular complexity index is 317. The fourth-order valence-electron chi connectivity index (χ4n) is 1.60. The lowest BCUT2D eigenvalue weighted by Gasteiger charge is -2.16. The van der Waals surface area contributed by atoms with E-state index in [9.17, 15) is 0 Å². The Morgan fingerprint density at radius 2 is 2.18 bits per heavy atom. The Morgan fingerprint density at radius 3 is 2.82 bits per heavy atom. The second-order valence-corrected chi connectivity index (χ2v) is 5.09. The third-order valence-corrected chi connectivity index (χ3v) is 3.12. The Kier molecular flexibility index (Phi) is 7.49. The van der Waals surface area contributed by atoms with E-state index in [1.807, 2.05) is 12.1 Å². The zero-order chi connectivity index (χ0) is 12.5. The second kappa shape index (κ2) is 8.67. The minimum atomic E-state index is 0.306. The Hall–Kier alpha value is -0.380. The smallest absolute Gasteiger partial charge is 0.0721 e. The van der Waals surface area contributed by atoms with Gasteiger partial charge in [-0.3, -0.25) is 0 Å². The normalized spacial score (nSPS) is 12.6. The average Bonchev–Trinajstić information content (AvgIpc) is 2.34. The third-order valence-electron chi connectivity index (χ3n) is 2.63. The number of hydrogen-bond acceptors (Lipinski definition) is 2. The maximum atomic E-state index is 5.90. The molecule has 0 saturated heterocycles. The van der Waals surface area contributed by atoms with Crippen LogP contribution >= 0.6 is 15.9 Å². The quantitative estimate of drug-likeness (QED) is 0.738. The molecule has 0 amide bonds. The monoisotopic (exact) mass is 299 g/mol. The molecule has 0 radical (unpaired) electrons. The van der Waals surface area contributed by atoms with E-state index in [0.717, 1.165) is 24.0 Å². The number of ether oxygens (including phenoxy) is 1. The zero-order valence-corrected chi connectivity index (χ0v) is 12.3. The van der Waals surface area contributed by atoms with Gasteiger partial charge in [0.25, 0.3) is 0 Å². The summed E-state index contributed by atoms with van der Waals surface area (Å²) < 4.78 is 7.00. The predicted molar refractivity (Wildman–Crippen MR) is 76.2 cm³/mol. The number of rotatable bonds is 8. The third kappa shape index (κ3) is 6.20. The van der Waals surface area contributed by atoms with Crippen LogP contribution in [0.15, 0.2) is 28.7 Å². The van der Waals surface area contributed by atoms with Crippen LogP contribution in [0.5, 0.6) is 0 Å². The average molecular weight is 300 g/mol. The predicted octanol–water partition coefficient (Wildman–Crippen LogP) is 3.74. The van der Waals surface area contributed by atoms with E-state index < -0.39 is 0 Å². The molecule has 0 spiro atoms. The molecule has 0 aliphatic carbocycles.